The van der Waals surface area contributed by atoms with Crippen LogP contribution in [0.1, 0.15) is 0 Å². The van der Waals surface area contributed by atoms with Crippen LogP contribution < -0.4 is 56.1 Å². The Labute approximate surface area is 109 Å². The van der Waals surface area contributed by atoms with Gasteiger partial charge >= 0.3 is 51.4 Å². The zero-order chi connectivity index (χ0) is 6.69. The van der Waals surface area contributed by atoms with Crippen molar-refractivity contribution in [2.75, 3.05) is 7.11 Å². The molecule has 0 bridgehead atoms. The monoisotopic (exact) mass is 179 g/mol. The Morgan fingerprint density at radius 2 is 1.90 bits per heavy atom. The van der Waals surface area contributed by atoms with Crippen LogP contribution >= 0.6 is 12.6 Å². The molecular weight excluding hydrogens is 171 g/mol. The first-order valence-electron chi connectivity index (χ1n) is 2.66. The Balaban J connectivity index is 0.000000810. The molecule has 1 aromatic rings. The summed E-state index contributed by atoms with van der Waals surface area (Å²) in [6.07, 6.45) is 0. The van der Waals surface area contributed by atoms with Crippen LogP contribution in [0, 0.1) is 0 Å². The number of para-hydroxylation sites is 1. The fourth-order valence-corrected chi connectivity index (χ4v) is 0.882. The Bertz CT molecular complexity index is 203. The van der Waals surface area contributed by atoms with Gasteiger partial charge < -0.3 is 4.74 Å². The normalized spacial score (nSPS) is 8.20. The molecule has 0 radical (unpaired) electrons. The molecule has 0 unspecified atom stereocenters. The van der Waals surface area contributed by atoms with Crippen molar-refractivity contribution in [1.82, 2.24) is 0 Å². The van der Waals surface area contributed by atoms with E-state index in [1.165, 1.54) is 0 Å². The minimum atomic E-state index is 0. The molecule has 0 spiro atoms. The van der Waals surface area contributed by atoms with Gasteiger partial charge in [-0.25, -0.2) is 0 Å². The molecule has 0 aliphatic heterocycles. The summed E-state index contributed by atoms with van der Waals surface area (Å²) < 4.78 is 4.97. The van der Waals surface area contributed by atoms with Crippen LogP contribution in [0.3, 0.4) is 0 Å². The summed E-state index contributed by atoms with van der Waals surface area (Å²) in [4.78, 5) is 0.875. The van der Waals surface area contributed by atoms with Crippen LogP contribution in [-0.4, -0.2) is 7.11 Å². The van der Waals surface area contributed by atoms with Crippen LogP contribution in [0.15, 0.2) is 29.2 Å². The largest absolute Gasteiger partial charge is 1.00 e. The van der Waals surface area contributed by atoms with Crippen molar-refractivity contribution in [2.45, 2.75) is 4.90 Å². The van der Waals surface area contributed by atoms with Crippen molar-refractivity contribution < 1.29 is 56.1 Å². The molecule has 0 aromatic heterocycles. The number of hydrogen-bond donors (Lipinski definition) is 1. The molecule has 10 heavy (non-hydrogen) atoms. The van der Waals surface area contributed by atoms with E-state index in [1.807, 2.05) is 24.3 Å². The zero-order valence-corrected chi connectivity index (χ0v) is 10.2. The topological polar surface area (TPSA) is 9.23 Å². The first-order chi connectivity index (χ1) is 4.34. The molecule has 0 heterocycles. The van der Waals surface area contributed by atoms with Crippen LogP contribution in [0.4, 0.5) is 0 Å². The standard InChI is InChI=1S/C7H8OS.K/c1-8-6-4-2-3-5-7(6)9;/h2-5,9H,1H3;/q;+1. The molecule has 0 saturated heterocycles. The van der Waals surface area contributed by atoms with Gasteiger partial charge in [0, 0.05) is 4.90 Å². The molecule has 0 saturated carbocycles. The minimum Gasteiger partial charge on any atom is -0.496 e. The number of benzene rings is 1. The molecule has 0 N–H and O–H groups in total. The van der Waals surface area contributed by atoms with Gasteiger partial charge in [0.1, 0.15) is 5.75 Å². The molecule has 3 heteroatoms. The van der Waals surface area contributed by atoms with Crippen LogP contribution in [0.5, 0.6) is 5.75 Å². The molecule has 0 amide bonds. The van der Waals surface area contributed by atoms with Crippen molar-refractivity contribution in [3.8, 4) is 5.75 Å². The van der Waals surface area contributed by atoms with E-state index < -0.39 is 0 Å². The van der Waals surface area contributed by atoms with Crippen LogP contribution in [-0.2, 0) is 0 Å². The van der Waals surface area contributed by atoms with Gasteiger partial charge in [-0.2, -0.15) is 0 Å². The third-order valence-electron chi connectivity index (χ3n) is 1.09. The van der Waals surface area contributed by atoms with Gasteiger partial charge in [0.05, 0.1) is 7.11 Å². The number of rotatable bonds is 1. The molecule has 0 atom stereocenters. The quantitative estimate of drug-likeness (QED) is 0.429. The number of ether oxygens (including phenoxy) is 1. The fourth-order valence-electron chi connectivity index (χ4n) is 0.630. The van der Waals surface area contributed by atoms with Crippen molar-refractivity contribution in [2.24, 2.45) is 0 Å². The zero-order valence-electron chi connectivity index (χ0n) is 6.16. The van der Waals surface area contributed by atoms with E-state index in [0.29, 0.717) is 0 Å². The smallest absolute Gasteiger partial charge is 0.496 e. The summed E-state index contributed by atoms with van der Waals surface area (Å²) in [5.41, 5.74) is 0. The number of methoxy groups -OCH3 is 1. The van der Waals surface area contributed by atoms with Crippen molar-refractivity contribution in [3.63, 3.8) is 0 Å². The second kappa shape index (κ2) is 5.63. The van der Waals surface area contributed by atoms with Gasteiger partial charge in [0.25, 0.3) is 0 Å². The Hall–Kier alpha value is 1.01. The van der Waals surface area contributed by atoms with Crippen molar-refractivity contribution in [1.29, 1.82) is 0 Å². The molecule has 1 rings (SSSR count). The predicted molar refractivity (Wildman–Crippen MR) is 40.2 cm³/mol. The number of thiol groups is 1. The maximum absolute atomic E-state index is 4.97. The van der Waals surface area contributed by atoms with Crippen molar-refractivity contribution in [3.05, 3.63) is 24.3 Å². The number of hydrogen-bond acceptors (Lipinski definition) is 2. The molecule has 0 aliphatic rings. The molecular formula is C7H8KOS+. The van der Waals surface area contributed by atoms with Gasteiger partial charge in [-0.1, -0.05) is 12.1 Å². The van der Waals surface area contributed by atoms with Gasteiger partial charge in [0.15, 0.2) is 0 Å². The summed E-state index contributed by atoms with van der Waals surface area (Å²) in [5, 5.41) is 0. The van der Waals surface area contributed by atoms with Crippen LogP contribution in [0.25, 0.3) is 0 Å². The Kier molecular flexibility index (Phi) is 6.20. The second-order valence-electron chi connectivity index (χ2n) is 1.67. The van der Waals surface area contributed by atoms with Gasteiger partial charge in [-0.3, -0.25) is 0 Å². The van der Waals surface area contributed by atoms with Gasteiger partial charge in [-0.05, 0) is 12.1 Å². The summed E-state index contributed by atoms with van der Waals surface area (Å²) in [5.74, 6) is 0.820. The average Bonchev–Trinajstić information content (AvgIpc) is 1.89. The third kappa shape index (κ3) is 2.94. The van der Waals surface area contributed by atoms with E-state index >= 15 is 0 Å². The predicted octanol–water partition coefficient (Wildman–Crippen LogP) is -1.01. The molecule has 1 nitrogen and oxygen atoms in total. The van der Waals surface area contributed by atoms with E-state index in [-0.39, 0.29) is 51.4 Å². The van der Waals surface area contributed by atoms with Gasteiger partial charge in [-0.15, -0.1) is 12.6 Å². The second-order valence-corrected chi connectivity index (χ2v) is 2.15. The molecule has 48 valence electrons. The summed E-state index contributed by atoms with van der Waals surface area (Å²) in [6, 6.07) is 7.60. The molecule has 0 aliphatic carbocycles. The van der Waals surface area contributed by atoms with Crippen molar-refractivity contribution >= 4 is 12.6 Å². The van der Waals surface area contributed by atoms with Crippen LogP contribution in [0.2, 0.25) is 0 Å². The average molecular weight is 179 g/mol. The van der Waals surface area contributed by atoms with E-state index in [2.05, 4.69) is 12.6 Å². The molecule has 1 aromatic carbocycles. The van der Waals surface area contributed by atoms with E-state index in [0.717, 1.165) is 10.6 Å². The van der Waals surface area contributed by atoms with Gasteiger partial charge in [0.2, 0.25) is 0 Å². The third-order valence-corrected chi connectivity index (χ3v) is 1.45. The first kappa shape index (κ1) is 11.0. The fraction of sp³-hybridized carbons (Fsp3) is 0.143. The summed E-state index contributed by atoms with van der Waals surface area (Å²) in [6.45, 7) is 0. The minimum absolute atomic E-state index is 0. The SMILES string of the molecule is COc1ccccc1S.[K+]. The van der Waals surface area contributed by atoms with E-state index in [4.69, 9.17) is 4.74 Å². The maximum atomic E-state index is 4.97. The first-order valence-corrected chi connectivity index (χ1v) is 3.11. The Morgan fingerprint density at radius 1 is 1.30 bits per heavy atom. The molecule has 0 fully saturated rings. The summed E-state index contributed by atoms with van der Waals surface area (Å²) >= 11 is 4.15. The van der Waals surface area contributed by atoms with E-state index in [1.54, 1.807) is 7.11 Å². The summed E-state index contributed by atoms with van der Waals surface area (Å²) in [7, 11) is 1.63. The Morgan fingerprint density at radius 3 is 2.30 bits per heavy atom. The van der Waals surface area contributed by atoms with E-state index in [9.17, 15) is 0 Å². The maximum Gasteiger partial charge on any atom is 1.00 e.